The summed E-state index contributed by atoms with van der Waals surface area (Å²) in [7, 11) is 0. The Morgan fingerprint density at radius 2 is 2.13 bits per heavy atom. The van der Waals surface area contributed by atoms with Gasteiger partial charge in [-0.2, -0.15) is 0 Å². The van der Waals surface area contributed by atoms with Gasteiger partial charge in [0, 0.05) is 11.8 Å². The average Bonchev–Trinajstić information content (AvgIpc) is 2.81. The minimum atomic E-state index is -0.316. The third kappa shape index (κ3) is 2.40. The number of carbonyl (C=O) groups excluding carboxylic acids is 1. The highest BCUT2D eigenvalue weighted by atomic mass is 16.5. The Balaban J connectivity index is 1.92. The number of aromatic nitrogens is 2. The van der Waals surface area contributed by atoms with Gasteiger partial charge < -0.3 is 9.84 Å². The summed E-state index contributed by atoms with van der Waals surface area (Å²) in [4.78, 5) is 11.4. The van der Waals surface area contributed by atoms with E-state index in [1.54, 1.807) is 0 Å². The van der Waals surface area contributed by atoms with Gasteiger partial charge in [0.05, 0.1) is 0 Å². The third-order valence-electron chi connectivity index (χ3n) is 1.88. The molecule has 2 aromatic rings. The molecule has 2 rings (SSSR count). The molecule has 1 N–H and O–H groups in total. The van der Waals surface area contributed by atoms with Crippen LogP contribution in [0, 0.1) is 0 Å². The molecular weight excluding hydrogens is 194 g/mol. The number of hydrogen-bond acceptors (Lipinski definition) is 4. The number of carbonyl (C=O) groups is 1. The highest BCUT2D eigenvalue weighted by Gasteiger charge is 2.09. The van der Waals surface area contributed by atoms with E-state index in [0.29, 0.717) is 6.54 Å². The molecule has 76 valence electrons. The van der Waals surface area contributed by atoms with E-state index in [4.69, 9.17) is 0 Å². The molecule has 0 spiro atoms. The third-order valence-corrected chi connectivity index (χ3v) is 1.88. The fourth-order valence-electron chi connectivity index (χ4n) is 1.13. The number of benzene rings is 1. The van der Waals surface area contributed by atoms with Crippen molar-refractivity contribution < 1.29 is 9.32 Å². The van der Waals surface area contributed by atoms with E-state index in [1.807, 2.05) is 30.3 Å². The van der Waals surface area contributed by atoms with Gasteiger partial charge >= 0.3 is 0 Å². The molecular formula is C10H9N3O2. The summed E-state index contributed by atoms with van der Waals surface area (Å²) in [5, 5.41) is 9.32. The van der Waals surface area contributed by atoms with Crippen LogP contribution in [0.2, 0.25) is 0 Å². The van der Waals surface area contributed by atoms with Crippen LogP contribution in [-0.2, 0) is 6.54 Å². The molecule has 0 bridgehead atoms. The Morgan fingerprint density at radius 1 is 1.33 bits per heavy atom. The fraction of sp³-hybridized carbons (Fsp3) is 0.100. The summed E-state index contributed by atoms with van der Waals surface area (Å²) < 4.78 is 4.61. The quantitative estimate of drug-likeness (QED) is 0.808. The molecule has 0 aliphatic heterocycles. The Bertz CT molecular complexity index is 425. The Morgan fingerprint density at radius 3 is 2.80 bits per heavy atom. The van der Waals surface area contributed by atoms with Crippen LogP contribution in [0.15, 0.2) is 41.1 Å². The van der Waals surface area contributed by atoms with Crippen LogP contribution in [0.25, 0.3) is 0 Å². The average molecular weight is 203 g/mol. The van der Waals surface area contributed by atoms with Crippen molar-refractivity contribution in [3.63, 3.8) is 0 Å². The summed E-state index contributed by atoms with van der Waals surface area (Å²) in [6, 6.07) is 9.61. The van der Waals surface area contributed by atoms with Gasteiger partial charge in [-0.15, -0.1) is 5.10 Å². The normalized spacial score (nSPS) is 9.87. The van der Waals surface area contributed by atoms with Crippen molar-refractivity contribution in [3.05, 3.63) is 47.9 Å². The molecule has 0 fully saturated rings. The van der Waals surface area contributed by atoms with E-state index >= 15 is 0 Å². The molecule has 0 radical (unpaired) electrons. The summed E-state index contributed by atoms with van der Waals surface area (Å²) in [5.41, 5.74) is 1.03. The van der Waals surface area contributed by atoms with Gasteiger partial charge in [-0.1, -0.05) is 30.3 Å². The number of amides is 1. The molecule has 0 saturated carbocycles. The van der Waals surface area contributed by atoms with Crippen LogP contribution >= 0.6 is 0 Å². The smallest absolute Gasteiger partial charge is 0.291 e. The van der Waals surface area contributed by atoms with E-state index in [2.05, 4.69) is 20.2 Å². The zero-order valence-electron chi connectivity index (χ0n) is 7.88. The van der Waals surface area contributed by atoms with Gasteiger partial charge in [-0.3, -0.25) is 4.79 Å². The molecule has 0 unspecified atom stereocenters. The van der Waals surface area contributed by atoms with Crippen LogP contribution in [0.5, 0.6) is 0 Å². The predicted octanol–water partition coefficient (Wildman–Crippen LogP) is 1.000. The van der Waals surface area contributed by atoms with Gasteiger partial charge in [0.2, 0.25) is 5.76 Å². The first-order valence-electron chi connectivity index (χ1n) is 4.46. The van der Waals surface area contributed by atoms with E-state index in [1.165, 1.54) is 6.20 Å². The fourth-order valence-corrected chi connectivity index (χ4v) is 1.13. The highest BCUT2D eigenvalue weighted by Crippen LogP contribution is 1.99. The largest absolute Gasteiger partial charge is 0.345 e. The maximum Gasteiger partial charge on any atom is 0.291 e. The molecule has 1 aromatic carbocycles. The van der Waals surface area contributed by atoms with Gasteiger partial charge in [0.25, 0.3) is 5.91 Å². The monoisotopic (exact) mass is 203 g/mol. The number of nitrogens with one attached hydrogen (secondary N) is 1. The zero-order valence-corrected chi connectivity index (χ0v) is 7.88. The van der Waals surface area contributed by atoms with E-state index in [0.717, 1.165) is 5.56 Å². The summed E-state index contributed by atoms with van der Waals surface area (Å²) in [6.45, 7) is 0.459. The van der Waals surface area contributed by atoms with Crippen LogP contribution in [-0.4, -0.2) is 16.3 Å². The SMILES string of the molecule is O=C(NCc1ccccc1)c1cnno1. The molecule has 5 heteroatoms. The van der Waals surface area contributed by atoms with Gasteiger partial charge in [0.1, 0.15) is 6.20 Å². The van der Waals surface area contributed by atoms with Gasteiger partial charge in [-0.25, -0.2) is 0 Å². The maximum atomic E-state index is 11.4. The Labute approximate surface area is 86.1 Å². The maximum absolute atomic E-state index is 11.4. The Kier molecular flexibility index (Phi) is 2.73. The van der Waals surface area contributed by atoms with Crippen molar-refractivity contribution in [2.24, 2.45) is 0 Å². The first kappa shape index (κ1) is 9.39. The van der Waals surface area contributed by atoms with Crippen LogP contribution in [0.1, 0.15) is 16.1 Å². The second kappa shape index (κ2) is 4.36. The number of hydrogen-bond donors (Lipinski definition) is 1. The van der Waals surface area contributed by atoms with E-state index in [-0.39, 0.29) is 11.7 Å². The van der Waals surface area contributed by atoms with Crippen molar-refractivity contribution in [1.29, 1.82) is 0 Å². The highest BCUT2D eigenvalue weighted by molar-refractivity contribution is 5.90. The first-order valence-corrected chi connectivity index (χ1v) is 4.46. The van der Waals surface area contributed by atoms with Gasteiger partial charge in [-0.05, 0) is 5.56 Å². The predicted molar refractivity (Wildman–Crippen MR) is 51.9 cm³/mol. The van der Waals surface area contributed by atoms with Crippen molar-refractivity contribution in [2.75, 3.05) is 0 Å². The lowest BCUT2D eigenvalue weighted by atomic mass is 10.2. The summed E-state index contributed by atoms with van der Waals surface area (Å²) >= 11 is 0. The topological polar surface area (TPSA) is 68.0 Å². The number of nitrogens with zero attached hydrogens (tertiary/aromatic N) is 2. The van der Waals surface area contributed by atoms with Crippen molar-refractivity contribution in [3.8, 4) is 0 Å². The molecule has 0 atom stereocenters. The second-order valence-corrected chi connectivity index (χ2v) is 2.95. The van der Waals surface area contributed by atoms with Crippen molar-refractivity contribution >= 4 is 5.91 Å². The summed E-state index contributed by atoms with van der Waals surface area (Å²) in [5.74, 6) is -0.199. The molecule has 15 heavy (non-hydrogen) atoms. The van der Waals surface area contributed by atoms with E-state index in [9.17, 15) is 4.79 Å². The second-order valence-electron chi connectivity index (χ2n) is 2.95. The van der Waals surface area contributed by atoms with Crippen molar-refractivity contribution in [1.82, 2.24) is 15.7 Å². The minimum absolute atomic E-state index is 0.117. The van der Waals surface area contributed by atoms with Crippen LogP contribution < -0.4 is 5.32 Å². The minimum Gasteiger partial charge on any atom is -0.345 e. The first-order chi connectivity index (χ1) is 7.36. The molecule has 5 nitrogen and oxygen atoms in total. The standard InChI is InChI=1S/C10H9N3O2/c14-10(9-7-12-13-15-9)11-6-8-4-2-1-3-5-8/h1-5,7H,6H2,(H,11,14). The molecule has 1 amide bonds. The Hall–Kier alpha value is -2.17. The lowest BCUT2D eigenvalue weighted by Gasteiger charge is -2.01. The van der Waals surface area contributed by atoms with Crippen LogP contribution in [0.3, 0.4) is 0 Å². The van der Waals surface area contributed by atoms with E-state index < -0.39 is 0 Å². The molecule has 0 aliphatic rings. The lowest BCUT2D eigenvalue weighted by Crippen LogP contribution is -2.22. The molecule has 1 heterocycles. The summed E-state index contributed by atoms with van der Waals surface area (Å²) in [6.07, 6.45) is 1.28. The molecule has 1 aromatic heterocycles. The number of rotatable bonds is 3. The van der Waals surface area contributed by atoms with Gasteiger partial charge in [0.15, 0.2) is 0 Å². The lowest BCUT2D eigenvalue weighted by molar-refractivity contribution is 0.0913. The molecule has 0 saturated heterocycles. The zero-order chi connectivity index (χ0) is 10.5. The van der Waals surface area contributed by atoms with Crippen molar-refractivity contribution in [2.45, 2.75) is 6.54 Å². The molecule has 0 aliphatic carbocycles. The van der Waals surface area contributed by atoms with Crippen LogP contribution in [0.4, 0.5) is 0 Å².